The van der Waals surface area contributed by atoms with Crippen molar-refractivity contribution in [1.82, 2.24) is 4.90 Å². The number of anilines is 1. The molecule has 0 spiro atoms. The van der Waals surface area contributed by atoms with Gasteiger partial charge in [0, 0.05) is 36.8 Å². The lowest BCUT2D eigenvalue weighted by Gasteiger charge is -2.27. The number of nitrogens with zero attached hydrogens (tertiary/aromatic N) is 1. The number of carbonyl (C=O) groups excluding carboxylic acids is 2. The molecular formula is C16H24ClN3O3. The summed E-state index contributed by atoms with van der Waals surface area (Å²) in [6.07, 6.45) is 0. The lowest BCUT2D eigenvalue weighted by molar-refractivity contribution is -0.119. The second-order valence-electron chi connectivity index (χ2n) is 5.51. The van der Waals surface area contributed by atoms with Gasteiger partial charge in [0.15, 0.2) is 0 Å². The molecule has 23 heavy (non-hydrogen) atoms. The highest BCUT2D eigenvalue weighted by Gasteiger charge is 2.21. The molecule has 0 radical (unpaired) electrons. The van der Waals surface area contributed by atoms with Crippen LogP contribution in [0.25, 0.3) is 0 Å². The van der Waals surface area contributed by atoms with E-state index in [0.717, 1.165) is 5.56 Å². The fourth-order valence-corrected chi connectivity index (χ4v) is 2.30. The van der Waals surface area contributed by atoms with E-state index < -0.39 is 0 Å². The number of halogens is 1. The first-order valence-electron chi connectivity index (χ1n) is 7.52. The molecular weight excluding hydrogens is 318 g/mol. The van der Waals surface area contributed by atoms with Gasteiger partial charge in [0.2, 0.25) is 5.91 Å². The van der Waals surface area contributed by atoms with Crippen LogP contribution in [0.2, 0.25) is 0 Å². The number of amides is 2. The summed E-state index contributed by atoms with van der Waals surface area (Å²) in [5, 5.41) is 2.84. The highest BCUT2D eigenvalue weighted by Crippen LogP contribution is 2.21. The number of rotatable bonds is 4. The molecule has 3 N–H and O–H groups in total. The Labute approximate surface area is 142 Å². The number of morpholine rings is 1. The van der Waals surface area contributed by atoms with Gasteiger partial charge >= 0.3 is 0 Å². The summed E-state index contributed by atoms with van der Waals surface area (Å²) in [6.45, 7) is 6.23. The van der Waals surface area contributed by atoms with E-state index in [4.69, 9.17) is 10.5 Å². The maximum absolute atomic E-state index is 12.6. The number of carbonyl (C=O) groups is 2. The van der Waals surface area contributed by atoms with Crippen LogP contribution in [0.1, 0.15) is 22.8 Å². The third-order valence-electron chi connectivity index (χ3n) is 3.92. The molecule has 128 valence electrons. The fraction of sp³-hybridized carbons (Fsp3) is 0.500. The molecule has 1 aromatic carbocycles. The van der Waals surface area contributed by atoms with Gasteiger partial charge < -0.3 is 20.7 Å². The molecule has 6 nitrogen and oxygen atoms in total. The van der Waals surface area contributed by atoms with E-state index in [1.54, 1.807) is 30.0 Å². The van der Waals surface area contributed by atoms with Gasteiger partial charge in [-0.15, -0.1) is 12.4 Å². The molecule has 2 rings (SSSR count). The largest absolute Gasteiger partial charge is 0.378 e. The summed E-state index contributed by atoms with van der Waals surface area (Å²) in [5.74, 6) is -0.427. The summed E-state index contributed by atoms with van der Waals surface area (Å²) in [6, 6.07) is 5.37. The zero-order valence-corrected chi connectivity index (χ0v) is 14.3. The lowest BCUT2D eigenvalue weighted by Crippen LogP contribution is -2.41. The molecule has 1 unspecified atom stereocenters. The smallest absolute Gasteiger partial charge is 0.254 e. The minimum Gasteiger partial charge on any atom is -0.378 e. The van der Waals surface area contributed by atoms with E-state index in [2.05, 4.69) is 5.32 Å². The minimum atomic E-state index is -0.266. The predicted octanol–water partition coefficient (Wildman–Crippen LogP) is 1.42. The lowest BCUT2D eigenvalue weighted by atomic mass is 10.0. The molecule has 1 aliphatic rings. The number of nitrogens with one attached hydrogen (secondary N) is 1. The van der Waals surface area contributed by atoms with Crippen LogP contribution >= 0.6 is 12.4 Å². The number of hydrogen-bond donors (Lipinski definition) is 2. The Morgan fingerprint density at radius 2 is 2.00 bits per heavy atom. The van der Waals surface area contributed by atoms with Gasteiger partial charge in [0.05, 0.1) is 13.2 Å². The zero-order chi connectivity index (χ0) is 16.1. The average molecular weight is 342 g/mol. The van der Waals surface area contributed by atoms with Gasteiger partial charge in [-0.3, -0.25) is 9.59 Å². The SMILES string of the molecule is Cc1c(NC(=O)C(C)CN)cccc1C(=O)N1CCOCC1.Cl. The van der Waals surface area contributed by atoms with Gasteiger partial charge in [0.25, 0.3) is 5.91 Å². The Kier molecular flexibility index (Phi) is 7.48. The fourth-order valence-electron chi connectivity index (χ4n) is 2.30. The normalized spacial score (nSPS) is 15.5. The topological polar surface area (TPSA) is 84.7 Å². The quantitative estimate of drug-likeness (QED) is 0.867. The number of nitrogens with two attached hydrogens (primary N) is 1. The first-order valence-corrected chi connectivity index (χ1v) is 7.52. The Morgan fingerprint density at radius 1 is 1.35 bits per heavy atom. The maximum atomic E-state index is 12.6. The van der Waals surface area contributed by atoms with Crippen LogP contribution in [0, 0.1) is 12.8 Å². The highest BCUT2D eigenvalue weighted by molar-refractivity contribution is 5.99. The molecule has 0 bridgehead atoms. The second kappa shape index (κ2) is 8.86. The number of benzene rings is 1. The molecule has 1 saturated heterocycles. The van der Waals surface area contributed by atoms with E-state index in [0.29, 0.717) is 37.6 Å². The summed E-state index contributed by atoms with van der Waals surface area (Å²) < 4.78 is 5.27. The van der Waals surface area contributed by atoms with Crippen molar-refractivity contribution in [3.63, 3.8) is 0 Å². The van der Waals surface area contributed by atoms with Crippen molar-refractivity contribution in [2.75, 3.05) is 38.2 Å². The average Bonchev–Trinajstić information content (AvgIpc) is 2.56. The monoisotopic (exact) mass is 341 g/mol. The third-order valence-corrected chi connectivity index (χ3v) is 3.92. The zero-order valence-electron chi connectivity index (χ0n) is 13.5. The molecule has 7 heteroatoms. The summed E-state index contributed by atoms with van der Waals surface area (Å²) >= 11 is 0. The van der Waals surface area contributed by atoms with Gasteiger partial charge in [-0.2, -0.15) is 0 Å². The van der Waals surface area contributed by atoms with Gasteiger partial charge in [-0.25, -0.2) is 0 Å². The van der Waals surface area contributed by atoms with Crippen molar-refractivity contribution in [2.45, 2.75) is 13.8 Å². The van der Waals surface area contributed by atoms with E-state index in [9.17, 15) is 9.59 Å². The van der Waals surface area contributed by atoms with Crippen LogP contribution in [0.15, 0.2) is 18.2 Å². The van der Waals surface area contributed by atoms with Crippen LogP contribution in [-0.4, -0.2) is 49.6 Å². The van der Waals surface area contributed by atoms with Crippen molar-refractivity contribution in [3.8, 4) is 0 Å². The summed E-state index contributed by atoms with van der Waals surface area (Å²) in [4.78, 5) is 26.3. The van der Waals surface area contributed by atoms with Crippen LogP contribution in [0.5, 0.6) is 0 Å². The molecule has 1 aliphatic heterocycles. The Balaban J connectivity index is 0.00000264. The first kappa shape index (κ1) is 19.4. The molecule has 1 heterocycles. The van der Waals surface area contributed by atoms with Gasteiger partial charge in [-0.1, -0.05) is 13.0 Å². The van der Waals surface area contributed by atoms with Crippen molar-refractivity contribution < 1.29 is 14.3 Å². The van der Waals surface area contributed by atoms with Crippen molar-refractivity contribution >= 4 is 29.9 Å². The van der Waals surface area contributed by atoms with E-state index in [-0.39, 0.29) is 36.7 Å². The van der Waals surface area contributed by atoms with Crippen LogP contribution < -0.4 is 11.1 Å². The molecule has 1 atom stereocenters. The van der Waals surface area contributed by atoms with E-state index in [1.807, 2.05) is 6.92 Å². The molecule has 1 aromatic rings. The number of hydrogen-bond acceptors (Lipinski definition) is 4. The molecule has 1 fully saturated rings. The molecule has 0 aromatic heterocycles. The van der Waals surface area contributed by atoms with Crippen molar-refractivity contribution in [3.05, 3.63) is 29.3 Å². The maximum Gasteiger partial charge on any atom is 0.254 e. The molecule has 0 saturated carbocycles. The summed E-state index contributed by atoms with van der Waals surface area (Å²) in [5.41, 5.74) is 7.55. The van der Waals surface area contributed by atoms with Crippen LogP contribution in [0.4, 0.5) is 5.69 Å². The van der Waals surface area contributed by atoms with E-state index >= 15 is 0 Å². The second-order valence-corrected chi connectivity index (χ2v) is 5.51. The third kappa shape index (κ3) is 4.67. The van der Waals surface area contributed by atoms with Gasteiger partial charge in [0.1, 0.15) is 0 Å². The Bertz CT molecular complexity index is 560. The standard InChI is InChI=1S/C16H23N3O3.ClH/c1-11(10-17)15(20)18-14-5-3-4-13(12(14)2)16(21)19-6-8-22-9-7-19;/h3-5,11H,6-10,17H2,1-2H3,(H,18,20);1H. The Morgan fingerprint density at radius 3 is 2.61 bits per heavy atom. The minimum absolute atomic E-state index is 0. The molecule has 2 amide bonds. The van der Waals surface area contributed by atoms with Crippen LogP contribution in [-0.2, 0) is 9.53 Å². The van der Waals surface area contributed by atoms with Gasteiger partial charge in [-0.05, 0) is 24.6 Å². The van der Waals surface area contributed by atoms with E-state index in [1.165, 1.54) is 0 Å². The number of ether oxygens (including phenoxy) is 1. The van der Waals surface area contributed by atoms with Crippen molar-refractivity contribution in [2.24, 2.45) is 11.7 Å². The molecule has 0 aliphatic carbocycles. The first-order chi connectivity index (χ1) is 10.5. The predicted molar refractivity (Wildman–Crippen MR) is 92.0 cm³/mol. The van der Waals surface area contributed by atoms with Crippen LogP contribution in [0.3, 0.4) is 0 Å². The Hall–Kier alpha value is -1.63. The highest BCUT2D eigenvalue weighted by atomic mass is 35.5. The van der Waals surface area contributed by atoms with Crippen molar-refractivity contribution in [1.29, 1.82) is 0 Å². The summed E-state index contributed by atoms with van der Waals surface area (Å²) in [7, 11) is 0.